The normalized spacial score (nSPS) is 13.3. The Hall–Kier alpha value is -0.870. The largest absolute Gasteiger partial charge is 0.318 e. The van der Waals surface area contributed by atoms with Crippen molar-refractivity contribution in [1.82, 2.24) is 0 Å². The molecule has 0 saturated carbocycles. The summed E-state index contributed by atoms with van der Waals surface area (Å²) in [5.41, 5.74) is 1.03. The predicted octanol–water partition coefficient (Wildman–Crippen LogP) is 2.01. The molecule has 0 atom stereocenters. The van der Waals surface area contributed by atoms with Gasteiger partial charge in [0, 0.05) is 4.47 Å². The first kappa shape index (κ1) is 10.2. The van der Waals surface area contributed by atoms with Gasteiger partial charge in [-0.1, -0.05) is 15.9 Å². The summed E-state index contributed by atoms with van der Waals surface area (Å²) in [5, 5.41) is 2.47. The molecule has 68 valence electrons. The zero-order valence-corrected chi connectivity index (χ0v) is 8.74. The number of nitrogens with one attached hydrogen (secondary N) is 1. The lowest BCUT2D eigenvalue weighted by Gasteiger charge is -1.95. The zero-order valence-electron chi connectivity index (χ0n) is 6.33. The van der Waals surface area contributed by atoms with Crippen LogP contribution in [0.15, 0.2) is 22.7 Å². The van der Waals surface area contributed by atoms with E-state index in [1.54, 1.807) is 18.2 Å². The minimum Gasteiger partial charge on any atom is -0.318 e. The summed E-state index contributed by atoms with van der Waals surface area (Å²) in [6.45, 7) is 0. The molecule has 2 rings (SSSR count). The molecule has 0 aliphatic carbocycles. The van der Waals surface area contributed by atoms with Crippen LogP contribution in [0.5, 0.6) is 0 Å². The predicted molar refractivity (Wildman–Crippen MR) is 54.4 cm³/mol. The zero-order chi connectivity index (χ0) is 8.72. The van der Waals surface area contributed by atoms with Crippen molar-refractivity contribution in [1.29, 1.82) is 0 Å². The highest BCUT2D eigenvalue weighted by molar-refractivity contribution is 9.10. The third-order valence-electron chi connectivity index (χ3n) is 1.68. The van der Waals surface area contributed by atoms with E-state index in [4.69, 9.17) is 0 Å². The lowest BCUT2D eigenvalue weighted by molar-refractivity contribution is -0.112. The van der Waals surface area contributed by atoms with Crippen LogP contribution in [0.3, 0.4) is 0 Å². The second-order valence-corrected chi connectivity index (χ2v) is 3.39. The van der Waals surface area contributed by atoms with Crippen molar-refractivity contribution in [3.8, 4) is 0 Å². The first-order chi connectivity index (χ1) is 5.68. The maximum absolute atomic E-state index is 11.1. The van der Waals surface area contributed by atoms with E-state index in [9.17, 15) is 9.59 Å². The lowest BCUT2D eigenvalue weighted by Crippen LogP contribution is -2.12. The van der Waals surface area contributed by atoms with Crippen molar-refractivity contribution in [2.75, 3.05) is 5.32 Å². The Balaban J connectivity index is 0.000000845. The van der Waals surface area contributed by atoms with Crippen LogP contribution in [0.1, 0.15) is 10.4 Å². The molecule has 0 saturated heterocycles. The molecule has 1 heterocycles. The van der Waals surface area contributed by atoms with Gasteiger partial charge in [0.05, 0.1) is 11.3 Å². The van der Waals surface area contributed by atoms with Crippen molar-refractivity contribution in [3.05, 3.63) is 28.2 Å². The van der Waals surface area contributed by atoms with E-state index < -0.39 is 11.7 Å². The summed E-state index contributed by atoms with van der Waals surface area (Å²) in [6.07, 6.45) is 0. The number of amides is 1. The third-order valence-corrected chi connectivity index (χ3v) is 2.17. The molecule has 3 nitrogen and oxygen atoms in total. The van der Waals surface area contributed by atoms with Gasteiger partial charge in [0.1, 0.15) is 0 Å². The smallest absolute Gasteiger partial charge is 0.296 e. The number of hydrogen-bond donors (Lipinski definition) is 1. The average molecular weight is 262 g/mol. The molecule has 5 heteroatoms. The summed E-state index contributed by atoms with van der Waals surface area (Å²) in [7, 11) is 0. The Kier molecular flexibility index (Phi) is 2.73. The summed E-state index contributed by atoms with van der Waals surface area (Å²) in [6, 6.07) is 5.11. The fourth-order valence-corrected chi connectivity index (χ4v) is 1.48. The molecule has 0 unspecified atom stereocenters. The Morgan fingerprint density at radius 3 is 2.62 bits per heavy atom. The molecular formula is C8H5BrClNO2. The fourth-order valence-electron chi connectivity index (χ4n) is 1.11. The van der Waals surface area contributed by atoms with Gasteiger partial charge in [-0.15, -0.1) is 12.4 Å². The summed E-state index contributed by atoms with van der Waals surface area (Å²) in [4.78, 5) is 22.0. The van der Waals surface area contributed by atoms with E-state index in [-0.39, 0.29) is 12.4 Å². The topological polar surface area (TPSA) is 46.2 Å². The van der Waals surface area contributed by atoms with Crippen molar-refractivity contribution in [2.24, 2.45) is 0 Å². The molecule has 1 aliphatic heterocycles. The first-order valence-electron chi connectivity index (χ1n) is 3.34. The number of rotatable bonds is 0. The van der Waals surface area contributed by atoms with Crippen molar-refractivity contribution < 1.29 is 9.59 Å². The molecule has 1 amide bonds. The van der Waals surface area contributed by atoms with Crippen LogP contribution in [0, 0.1) is 0 Å². The molecule has 1 aliphatic rings. The minimum atomic E-state index is -0.553. The van der Waals surface area contributed by atoms with Crippen LogP contribution < -0.4 is 5.32 Å². The highest BCUT2D eigenvalue weighted by atomic mass is 79.9. The number of benzene rings is 1. The van der Waals surface area contributed by atoms with Gasteiger partial charge in [-0.2, -0.15) is 0 Å². The molecule has 0 spiro atoms. The van der Waals surface area contributed by atoms with Crippen LogP contribution in [-0.2, 0) is 4.79 Å². The van der Waals surface area contributed by atoms with Crippen molar-refractivity contribution >= 4 is 45.7 Å². The second-order valence-electron chi connectivity index (χ2n) is 2.47. The van der Waals surface area contributed by atoms with Crippen molar-refractivity contribution in [2.45, 2.75) is 0 Å². The van der Waals surface area contributed by atoms with Gasteiger partial charge in [-0.25, -0.2) is 0 Å². The molecule has 1 aromatic rings. The molecule has 0 fully saturated rings. The standard InChI is InChI=1S/C8H4BrNO2.ClH/c9-4-1-2-6-5(3-4)7(11)8(12)10-6;/h1-3H,(H,10,11,12);1H. The maximum atomic E-state index is 11.1. The molecule has 1 aromatic carbocycles. The second kappa shape index (κ2) is 3.47. The summed E-state index contributed by atoms with van der Waals surface area (Å²) >= 11 is 3.22. The van der Waals surface area contributed by atoms with E-state index in [0.717, 1.165) is 4.47 Å². The molecule has 13 heavy (non-hydrogen) atoms. The van der Waals surface area contributed by atoms with Gasteiger partial charge in [0.2, 0.25) is 0 Å². The van der Waals surface area contributed by atoms with E-state index in [0.29, 0.717) is 11.3 Å². The van der Waals surface area contributed by atoms with E-state index in [1.165, 1.54) is 0 Å². The number of anilines is 1. The Morgan fingerprint density at radius 2 is 1.92 bits per heavy atom. The number of fused-ring (bicyclic) bond motifs is 1. The average Bonchev–Trinajstić information content (AvgIpc) is 2.31. The Labute approximate surface area is 89.0 Å². The SMILES string of the molecule is Cl.O=C1Nc2ccc(Br)cc2C1=O. The lowest BCUT2D eigenvalue weighted by atomic mass is 10.1. The van der Waals surface area contributed by atoms with E-state index in [2.05, 4.69) is 21.2 Å². The number of Topliss-reactive ketones (excluding diaryl/α,β-unsaturated/α-hetero) is 1. The number of ketones is 1. The van der Waals surface area contributed by atoms with Crippen molar-refractivity contribution in [3.63, 3.8) is 0 Å². The highest BCUT2D eigenvalue weighted by Crippen LogP contribution is 2.25. The van der Waals surface area contributed by atoms with Crippen LogP contribution in [0.4, 0.5) is 5.69 Å². The van der Waals surface area contributed by atoms with Gasteiger partial charge in [0.25, 0.3) is 11.7 Å². The van der Waals surface area contributed by atoms with Gasteiger partial charge in [0.15, 0.2) is 0 Å². The van der Waals surface area contributed by atoms with Crippen LogP contribution in [0.2, 0.25) is 0 Å². The number of halogens is 2. The van der Waals surface area contributed by atoms with E-state index in [1.807, 2.05) is 0 Å². The van der Waals surface area contributed by atoms with Gasteiger partial charge in [-0.05, 0) is 18.2 Å². The minimum absolute atomic E-state index is 0. The maximum Gasteiger partial charge on any atom is 0.296 e. The van der Waals surface area contributed by atoms with Gasteiger partial charge < -0.3 is 5.32 Å². The molecule has 0 radical (unpaired) electrons. The summed E-state index contributed by atoms with van der Waals surface area (Å²) < 4.78 is 0.797. The first-order valence-corrected chi connectivity index (χ1v) is 4.13. The number of carbonyl (C=O) groups is 2. The molecular weight excluding hydrogens is 257 g/mol. The Bertz CT molecular complexity index is 392. The summed E-state index contributed by atoms with van der Waals surface area (Å²) in [5.74, 6) is -1.02. The third kappa shape index (κ3) is 1.59. The fraction of sp³-hybridized carbons (Fsp3) is 0. The van der Waals surface area contributed by atoms with E-state index >= 15 is 0 Å². The number of hydrogen-bond acceptors (Lipinski definition) is 2. The van der Waals surface area contributed by atoms with Gasteiger partial charge in [-0.3, -0.25) is 9.59 Å². The highest BCUT2D eigenvalue weighted by Gasteiger charge is 2.27. The van der Waals surface area contributed by atoms with Crippen LogP contribution >= 0.6 is 28.3 Å². The quantitative estimate of drug-likeness (QED) is 0.727. The van der Waals surface area contributed by atoms with Crippen LogP contribution in [-0.4, -0.2) is 11.7 Å². The van der Waals surface area contributed by atoms with Gasteiger partial charge >= 0.3 is 0 Å². The monoisotopic (exact) mass is 261 g/mol. The molecule has 0 aromatic heterocycles. The van der Waals surface area contributed by atoms with Crippen LogP contribution in [0.25, 0.3) is 0 Å². The number of carbonyl (C=O) groups excluding carboxylic acids is 2. The molecule has 1 N–H and O–H groups in total. The Morgan fingerprint density at radius 1 is 1.23 bits per heavy atom. The molecule has 0 bridgehead atoms.